The maximum atomic E-state index is 6.11. The van der Waals surface area contributed by atoms with Crippen LogP contribution >= 0.6 is 0 Å². The predicted molar refractivity (Wildman–Crippen MR) is 106 cm³/mol. The zero-order valence-electron chi connectivity index (χ0n) is 15.6. The fraction of sp³-hybridized carbons (Fsp3) is 0.421. The fourth-order valence-electron chi connectivity index (χ4n) is 3.43. The third-order valence-corrected chi connectivity index (χ3v) is 4.93. The Labute approximate surface area is 158 Å². The maximum Gasteiger partial charge on any atom is 0.231 e. The van der Waals surface area contributed by atoms with Crippen LogP contribution in [0, 0.1) is 0 Å². The summed E-state index contributed by atoms with van der Waals surface area (Å²) in [4.78, 5) is 13.0. The summed E-state index contributed by atoms with van der Waals surface area (Å²) in [5.41, 5.74) is 7.61. The monoisotopic (exact) mass is 367 g/mol. The van der Waals surface area contributed by atoms with Gasteiger partial charge in [0.2, 0.25) is 5.95 Å². The summed E-state index contributed by atoms with van der Waals surface area (Å²) in [6.45, 7) is 4.20. The molecule has 0 amide bonds. The van der Waals surface area contributed by atoms with Crippen molar-refractivity contribution >= 4 is 28.4 Å². The number of fused-ring (bicyclic) bond motifs is 1. The third kappa shape index (κ3) is 3.95. The maximum absolute atomic E-state index is 6.11. The molecule has 2 aromatic heterocycles. The van der Waals surface area contributed by atoms with E-state index in [1.165, 1.54) is 25.9 Å². The number of nitrogens with zero attached hydrogens (tertiary/aromatic N) is 5. The number of H-pyrrole nitrogens is 1. The molecule has 0 saturated carbocycles. The first-order valence-corrected chi connectivity index (χ1v) is 9.35. The largest absolute Gasteiger partial charge is 0.493 e. The smallest absolute Gasteiger partial charge is 0.231 e. The summed E-state index contributed by atoms with van der Waals surface area (Å²) in [6, 6.07) is 5.68. The van der Waals surface area contributed by atoms with Crippen molar-refractivity contribution in [1.82, 2.24) is 25.1 Å². The second kappa shape index (κ2) is 7.79. The summed E-state index contributed by atoms with van der Waals surface area (Å²) in [5, 5.41) is 8.15. The van der Waals surface area contributed by atoms with Crippen molar-refractivity contribution in [3.63, 3.8) is 0 Å². The van der Waals surface area contributed by atoms with E-state index >= 15 is 0 Å². The van der Waals surface area contributed by atoms with Crippen molar-refractivity contribution in [3.8, 4) is 5.75 Å². The lowest BCUT2D eigenvalue weighted by Crippen LogP contribution is -2.22. The van der Waals surface area contributed by atoms with Crippen LogP contribution in [0.15, 0.2) is 30.6 Å². The minimum Gasteiger partial charge on any atom is -0.493 e. The second-order valence-corrected chi connectivity index (χ2v) is 6.87. The van der Waals surface area contributed by atoms with Crippen molar-refractivity contribution in [2.75, 3.05) is 43.9 Å². The van der Waals surface area contributed by atoms with Crippen LogP contribution in [0.5, 0.6) is 5.75 Å². The molecule has 3 N–H and O–H groups in total. The Kier molecular flexibility index (Phi) is 5.06. The number of benzene rings is 1. The molecule has 1 saturated heterocycles. The fourth-order valence-corrected chi connectivity index (χ4v) is 3.43. The van der Waals surface area contributed by atoms with Crippen LogP contribution in [0.1, 0.15) is 19.3 Å². The molecule has 3 heterocycles. The van der Waals surface area contributed by atoms with E-state index < -0.39 is 0 Å². The van der Waals surface area contributed by atoms with Gasteiger partial charge >= 0.3 is 0 Å². The zero-order chi connectivity index (χ0) is 18.6. The Hall–Kier alpha value is -2.87. The third-order valence-electron chi connectivity index (χ3n) is 4.93. The van der Waals surface area contributed by atoms with Gasteiger partial charge in [0.25, 0.3) is 0 Å². The number of nitrogens with two attached hydrogens (primary N) is 1. The van der Waals surface area contributed by atoms with Crippen molar-refractivity contribution < 1.29 is 4.74 Å². The van der Waals surface area contributed by atoms with E-state index in [4.69, 9.17) is 10.5 Å². The lowest BCUT2D eigenvalue weighted by Gasteiger charge is -2.19. The van der Waals surface area contributed by atoms with Crippen molar-refractivity contribution in [3.05, 3.63) is 30.6 Å². The van der Waals surface area contributed by atoms with E-state index in [0.717, 1.165) is 35.3 Å². The van der Waals surface area contributed by atoms with Gasteiger partial charge in [0, 0.05) is 31.5 Å². The Morgan fingerprint density at radius 1 is 1.30 bits per heavy atom. The van der Waals surface area contributed by atoms with Crippen LogP contribution in [0.2, 0.25) is 0 Å². The Balaban J connectivity index is 1.50. The van der Waals surface area contributed by atoms with Gasteiger partial charge < -0.3 is 20.3 Å². The molecule has 8 nitrogen and oxygen atoms in total. The molecule has 0 spiro atoms. The summed E-state index contributed by atoms with van der Waals surface area (Å²) < 4.78 is 6.11. The highest BCUT2D eigenvalue weighted by molar-refractivity contribution is 5.89. The van der Waals surface area contributed by atoms with Crippen molar-refractivity contribution in [2.45, 2.75) is 19.3 Å². The van der Waals surface area contributed by atoms with Crippen LogP contribution in [0.3, 0.4) is 0 Å². The highest BCUT2D eigenvalue weighted by Gasteiger charge is 2.14. The summed E-state index contributed by atoms with van der Waals surface area (Å²) in [5.74, 6) is 1.79. The Morgan fingerprint density at radius 2 is 2.15 bits per heavy atom. The number of hydrogen-bond donors (Lipinski definition) is 2. The molecule has 0 atom stereocenters. The molecule has 27 heavy (non-hydrogen) atoms. The predicted octanol–water partition coefficient (Wildman–Crippen LogP) is 2.57. The standard InChI is InChI=1S/C19H25N7O/c1-25(19-21-6-5-18(20)23-19)14-11-16-15(13-22-24-16)17(12-14)27-10-4-9-26-7-2-3-8-26/h5-6,11-13H,2-4,7-10H2,1H3,(H,22,24)(H2,20,21,23). The van der Waals surface area contributed by atoms with Gasteiger partial charge in [-0.15, -0.1) is 0 Å². The van der Waals surface area contributed by atoms with Gasteiger partial charge in [-0.05, 0) is 44.5 Å². The molecule has 0 bridgehead atoms. The molecule has 1 fully saturated rings. The number of hydrogen-bond acceptors (Lipinski definition) is 7. The van der Waals surface area contributed by atoms with E-state index in [9.17, 15) is 0 Å². The molecule has 0 unspecified atom stereocenters. The van der Waals surface area contributed by atoms with Gasteiger partial charge in [-0.25, -0.2) is 4.98 Å². The number of anilines is 3. The molecule has 1 aliphatic rings. The SMILES string of the molecule is CN(c1cc(OCCCN2CCCC2)c2cn[nH]c2c1)c1nccc(N)n1. The number of rotatable bonds is 7. The van der Waals surface area contributed by atoms with Crippen LogP contribution in [-0.2, 0) is 0 Å². The summed E-state index contributed by atoms with van der Waals surface area (Å²) in [7, 11) is 1.91. The number of nitrogens with one attached hydrogen (secondary N) is 1. The first-order chi connectivity index (χ1) is 13.2. The van der Waals surface area contributed by atoms with E-state index in [-0.39, 0.29) is 0 Å². The molecule has 1 aromatic carbocycles. The molecule has 4 rings (SSSR count). The number of nitrogen functional groups attached to an aromatic ring is 1. The molecular formula is C19H25N7O. The van der Waals surface area contributed by atoms with Gasteiger partial charge in [0.15, 0.2) is 0 Å². The van der Waals surface area contributed by atoms with Crippen molar-refractivity contribution in [1.29, 1.82) is 0 Å². The van der Waals surface area contributed by atoms with Gasteiger partial charge in [-0.3, -0.25) is 5.10 Å². The molecule has 0 radical (unpaired) electrons. The average molecular weight is 367 g/mol. The lowest BCUT2D eigenvalue weighted by molar-refractivity contribution is 0.265. The van der Waals surface area contributed by atoms with E-state index in [1.807, 2.05) is 24.1 Å². The lowest BCUT2D eigenvalue weighted by atomic mass is 10.2. The first kappa shape index (κ1) is 17.5. The topological polar surface area (TPSA) is 96.2 Å². The number of ether oxygens (including phenoxy) is 1. The average Bonchev–Trinajstić information content (AvgIpc) is 3.36. The van der Waals surface area contributed by atoms with Crippen molar-refractivity contribution in [2.24, 2.45) is 0 Å². The zero-order valence-corrected chi connectivity index (χ0v) is 15.6. The highest BCUT2D eigenvalue weighted by Crippen LogP contribution is 2.32. The first-order valence-electron chi connectivity index (χ1n) is 9.35. The van der Waals surface area contributed by atoms with E-state index in [2.05, 4.69) is 25.1 Å². The van der Waals surface area contributed by atoms with Gasteiger partial charge in [-0.1, -0.05) is 0 Å². The van der Waals surface area contributed by atoms with Crippen LogP contribution in [0.4, 0.5) is 17.5 Å². The highest BCUT2D eigenvalue weighted by atomic mass is 16.5. The molecule has 0 aliphatic carbocycles. The van der Waals surface area contributed by atoms with E-state index in [0.29, 0.717) is 18.4 Å². The minimum absolute atomic E-state index is 0.438. The molecular weight excluding hydrogens is 342 g/mol. The number of aromatic amines is 1. The summed E-state index contributed by atoms with van der Waals surface area (Å²) in [6.07, 6.45) is 7.09. The number of aromatic nitrogens is 4. The number of likely N-dealkylation sites (tertiary alicyclic amines) is 1. The van der Waals surface area contributed by atoms with Crippen LogP contribution in [0.25, 0.3) is 10.9 Å². The molecule has 1 aliphatic heterocycles. The molecule has 142 valence electrons. The van der Waals surface area contributed by atoms with E-state index in [1.54, 1.807) is 18.5 Å². The van der Waals surface area contributed by atoms with Gasteiger partial charge in [0.05, 0.1) is 23.7 Å². The van der Waals surface area contributed by atoms with Gasteiger partial charge in [0.1, 0.15) is 11.6 Å². The Bertz CT molecular complexity index is 904. The minimum atomic E-state index is 0.438. The molecule has 8 heteroatoms. The van der Waals surface area contributed by atoms with Gasteiger partial charge in [-0.2, -0.15) is 10.1 Å². The second-order valence-electron chi connectivity index (χ2n) is 6.87. The molecule has 3 aromatic rings. The van der Waals surface area contributed by atoms with Crippen LogP contribution < -0.4 is 15.4 Å². The quantitative estimate of drug-likeness (QED) is 0.620. The normalized spacial score (nSPS) is 14.7. The summed E-state index contributed by atoms with van der Waals surface area (Å²) >= 11 is 0. The van der Waals surface area contributed by atoms with Crippen LogP contribution in [-0.4, -0.2) is 58.4 Å². The Morgan fingerprint density at radius 3 is 2.96 bits per heavy atom.